The van der Waals surface area contributed by atoms with E-state index in [9.17, 15) is 0 Å². The van der Waals surface area contributed by atoms with E-state index < -0.39 is 0 Å². The molecular formula is C13H19N2. The summed E-state index contributed by atoms with van der Waals surface area (Å²) in [6.07, 6.45) is 4.17. The fourth-order valence-electron chi connectivity index (χ4n) is 2.05. The molecule has 1 heterocycles. The maximum absolute atomic E-state index is 3.43. The van der Waals surface area contributed by atoms with E-state index in [2.05, 4.69) is 28.4 Å². The second-order valence-corrected chi connectivity index (χ2v) is 4.12. The van der Waals surface area contributed by atoms with Crippen LogP contribution in [0.25, 0.3) is 0 Å². The SMILES string of the molecule is [c]1ccc(NCCN2CCCCC2)cc1. The van der Waals surface area contributed by atoms with Crippen molar-refractivity contribution in [1.29, 1.82) is 0 Å². The van der Waals surface area contributed by atoms with Crippen LogP contribution in [0, 0.1) is 6.07 Å². The van der Waals surface area contributed by atoms with Crippen molar-refractivity contribution in [3.8, 4) is 0 Å². The minimum Gasteiger partial charge on any atom is -0.384 e. The van der Waals surface area contributed by atoms with Crippen LogP contribution in [-0.4, -0.2) is 31.1 Å². The van der Waals surface area contributed by atoms with Gasteiger partial charge < -0.3 is 10.2 Å². The van der Waals surface area contributed by atoms with Gasteiger partial charge in [0.1, 0.15) is 0 Å². The lowest BCUT2D eigenvalue weighted by atomic mass is 10.1. The van der Waals surface area contributed by atoms with Crippen molar-refractivity contribution in [2.24, 2.45) is 0 Å². The van der Waals surface area contributed by atoms with Crippen molar-refractivity contribution in [2.45, 2.75) is 19.3 Å². The number of hydrogen-bond donors (Lipinski definition) is 1. The van der Waals surface area contributed by atoms with Crippen LogP contribution in [0.4, 0.5) is 5.69 Å². The highest BCUT2D eigenvalue weighted by atomic mass is 15.1. The molecule has 0 unspecified atom stereocenters. The van der Waals surface area contributed by atoms with E-state index >= 15 is 0 Å². The average Bonchev–Trinajstić information content (AvgIpc) is 2.32. The van der Waals surface area contributed by atoms with E-state index in [1.54, 1.807) is 0 Å². The summed E-state index contributed by atoms with van der Waals surface area (Å²) >= 11 is 0. The fourth-order valence-corrected chi connectivity index (χ4v) is 2.05. The van der Waals surface area contributed by atoms with Crippen molar-refractivity contribution in [3.63, 3.8) is 0 Å². The molecule has 2 rings (SSSR count). The topological polar surface area (TPSA) is 15.3 Å². The highest BCUT2D eigenvalue weighted by Crippen LogP contribution is 2.08. The van der Waals surface area contributed by atoms with Gasteiger partial charge in [-0.3, -0.25) is 0 Å². The first-order valence-electron chi connectivity index (χ1n) is 5.87. The summed E-state index contributed by atoms with van der Waals surface area (Å²) in [6.45, 7) is 4.77. The van der Waals surface area contributed by atoms with Gasteiger partial charge in [-0.2, -0.15) is 0 Å². The van der Waals surface area contributed by atoms with Gasteiger partial charge >= 0.3 is 0 Å². The summed E-state index contributed by atoms with van der Waals surface area (Å²) in [7, 11) is 0. The maximum atomic E-state index is 3.43. The van der Waals surface area contributed by atoms with E-state index in [0.717, 1.165) is 6.54 Å². The Morgan fingerprint density at radius 2 is 1.87 bits per heavy atom. The third kappa shape index (κ3) is 3.56. The predicted octanol–water partition coefficient (Wildman–Crippen LogP) is 2.38. The van der Waals surface area contributed by atoms with Crippen LogP contribution >= 0.6 is 0 Å². The van der Waals surface area contributed by atoms with Gasteiger partial charge in [0.25, 0.3) is 0 Å². The molecule has 2 nitrogen and oxygen atoms in total. The van der Waals surface area contributed by atoms with Gasteiger partial charge in [-0.05, 0) is 44.1 Å². The minimum atomic E-state index is 1.05. The normalized spacial score (nSPS) is 17.6. The van der Waals surface area contributed by atoms with Crippen LogP contribution in [0.1, 0.15) is 19.3 Å². The van der Waals surface area contributed by atoms with Crippen LogP contribution in [0.15, 0.2) is 24.3 Å². The molecule has 1 aliphatic heterocycles. The van der Waals surface area contributed by atoms with Crippen molar-refractivity contribution < 1.29 is 0 Å². The van der Waals surface area contributed by atoms with Crippen LogP contribution in [0.5, 0.6) is 0 Å². The van der Waals surface area contributed by atoms with Crippen molar-refractivity contribution in [1.82, 2.24) is 4.90 Å². The lowest BCUT2D eigenvalue weighted by Crippen LogP contribution is -2.33. The monoisotopic (exact) mass is 203 g/mol. The first kappa shape index (κ1) is 10.5. The Hall–Kier alpha value is -1.02. The van der Waals surface area contributed by atoms with Gasteiger partial charge in [-0.15, -0.1) is 0 Å². The van der Waals surface area contributed by atoms with E-state index in [1.165, 1.54) is 44.6 Å². The predicted molar refractivity (Wildman–Crippen MR) is 64.1 cm³/mol. The molecule has 0 aromatic heterocycles. The third-order valence-corrected chi connectivity index (χ3v) is 2.92. The summed E-state index contributed by atoms with van der Waals surface area (Å²) in [6, 6.07) is 11.0. The fraction of sp³-hybridized carbons (Fsp3) is 0.538. The van der Waals surface area contributed by atoms with Crippen LogP contribution in [0.3, 0.4) is 0 Å². The number of benzene rings is 1. The van der Waals surface area contributed by atoms with Crippen molar-refractivity contribution >= 4 is 5.69 Å². The summed E-state index contributed by atoms with van der Waals surface area (Å²) in [4.78, 5) is 2.55. The van der Waals surface area contributed by atoms with Gasteiger partial charge in [-0.25, -0.2) is 0 Å². The standard InChI is InChI=1S/C13H19N2/c1-3-7-13(8-4-1)14-9-12-15-10-5-2-6-11-15/h3-4,7-8,14H,2,5-6,9-12H2. The highest BCUT2D eigenvalue weighted by Gasteiger charge is 2.08. The second-order valence-electron chi connectivity index (χ2n) is 4.12. The minimum absolute atomic E-state index is 1.05. The zero-order valence-electron chi connectivity index (χ0n) is 9.21. The molecule has 0 aliphatic carbocycles. The number of hydrogen-bond acceptors (Lipinski definition) is 2. The molecule has 81 valence electrons. The number of anilines is 1. The molecule has 0 spiro atoms. The zero-order chi connectivity index (χ0) is 10.3. The molecule has 2 heteroatoms. The van der Waals surface area contributed by atoms with E-state index in [1.807, 2.05) is 12.1 Å². The first-order chi connectivity index (χ1) is 7.45. The summed E-state index contributed by atoms with van der Waals surface area (Å²) in [5, 5.41) is 3.43. The molecular weight excluding hydrogens is 184 g/mol. The maximum Gasteiger partial charge on any atom is 0.0341 e. The van der Waals surface area contributed by atoms with Gasteiger partial charge in [0.05, 0.1) is 0 Å². The molecule has 1 fully saturated rings. The smallest absolute Gasteiger partial charge is 0.0341 e. The Kier molecular flexibility index (Phi) is 4.03. The van der Waals surface area contributed by atoms with Crippen LogP contribution < -0.4 is 5.32 Å². The number of piperidine rings is 1. The van der Waals surface area contributed by atoms with Gasteiger partial charge in [0.2, 0.25) is 0 Å². The average molecular weight is 203 g/mol. The summed E-state index contributed by atoms with van der Waals surface area (Å²) in [5.41, 5.74) is 1.20. The molecule has 1 aliphatic rings. The summed E-state index contributed by atoms with van der Waals surface area (Å²) in [5.74, 6) is 0. The van der Waals surface area contributed by atoms with Crippen molar-refractivity contribution in [3.05, 3.63) is 30.3 Å². The quantitative estimate of drug-likeness (QED) is 0.808. The molecule has 1 radical (unpaired) electrons. The van der Waals surface area contributed by atoms with Crippen molar-refractivity contribution in [2.75, 3.05) is 31.5 Å². The third-order valence-electron chi connectivity index (χ3n) is 2.92. The highest BCUT2D eigenvalue weighted by molar-refractivity contribution is 5.41. The Morgan fingerprint density at radius 3 is 2.60 bits per heavy atom. The number of rotatable bonds is 4. The number of nitrogens with zero attached hydrogens (tertiary/aromatic N) is 1. The molecule has 1 aromatic rings. The number of likely N-dealkylation sites (tertiary alicyclic amines) is 1. The Labute approximate surface area is 92.3 Å². The molecule has 15 heavy (non-hydrogen) atoms. The van der Waals surface area contributed by atoms with Gasteiger partial charge in [0, 0.05) is 18.8 Å². The molecule has 1 N–H and O–H groups in total. The molecule has 0 atom stereocenters. The van der Waals surface area contributed by atoms with Gasteiger partial charge in [-0.1, -0.05) is 18.6 Å². The van der Waals surface area contributed by atoms with E-state index in [0.29, 0.717) is 0 Å². The summed E-state index contributed by atoms with van der Waals surface area (Å²) < 4.78 is 0. The molecule has 1 saturated heterocycles. The molecule has 1 aromatic carbocycles. The second kappa shape index (κ2) is 5.76. The van der Waals surface area contributed by atoms with Gasteiger partial charge in [0.15, 0.2) is 0 Å². The Balaban J connectivity index is 1.66. The van der Waals surface area contributed by atoms with Crippen LogP contribution in [-0.2, 0) is 0 Å². The molecule has 0 saturated carbocycles. The Bertz CT molecular complexity index is 265. The van der Waals surface area contributed by atoms with E-state index in [4.69, 9.17) is 0 Å². The van der Waals surface area contributed by atoms with Crippen LogP contribution in [0.2, 0.25) is 0 Å². The number of nitrogens with one attached hydrogen (secondary N) is 1. The molecule has 0 bridgehead atoms. The Morgan fingerprint density at radius 1 is 1.13 bits per heavy atom. The van der Waals surface area contributed by atoms with E-state index in [-0.39, 0.29) is 0 Å². The lowest BCUT2D eigenvalue weighted by Gasteiger charge is -2.26. The first-order valence-corrected chi connectivity index (χ1v) is 5.87. The lowest BCUT2D eigenvalue weighted by molar-refractivity contribution is 0.237. The zero-order valence-corrected chi connectivity index (χ0v) is 9.21. The largest absolute Gasteiger partial charge is 0.384 e. The molecule has 0 amide bonds.